The maximum absolute atomic E-state index is 12.2. The molecular formula is C12H16N2O5S2. The molecule has 0 aromatic heterocycles. The molecule has 1 atom stereocenters. The summed E-state index contributed by atoms with van der Waals surface area (Å²) in [5.74, 6) is -0.643. The van der Waals surface area contributed by atoms with Gasteiger partial charge < -0.3 is 15.2 Å². The molecule has 0 amide bonds. The third-order valence-electron chi connectivity index (χ3n) is 2.75. The molecule has 0 aliphatic heterocycles. The molecule has 1 unspecified atom stereocenters. The maximum Gasteiger partial charge on any atom is 0.325 e. The van der Waals surface area contributed by atoms with E-state index < -0.39 is 21.2 Å². The van der Waals surface area contributed by atoms with Crippen LogP contribution in [0.4, 0.5) is 5.69 Å². The molecule has 0 saturated heterocycles. The molecule has 7 nitrogen and oxygen atoms in total. The van der Waals surface area contributed by atoms with Crippen molar-refractivity contribution in [1.29, 1.82) is 0 Å². The van der Waals surface area contributed by atoms with Crippen molar-refractivity contribution >= 4 is 38.9 Å². The van der Waals surface area contributed by atoms with Crippen LogP contribution in [-0.4, -0.2) is 38.8 Å². The number of nitrogens with one attached hydrogen (secondary N) is 1. The Morgan fingerprint density at radius 1 is 1.38 bits per heavy atom. The zero-order valence-electron chi connectivity index (χ0n) is 11.7. The van der Waals surface area contributed by atoms with Gasteiger partial charge in [0.25, 0.3) is 0 Å². The lowest BCUT2D eigenvalue weighted by molar-refractivity contribution is -0.139. The fraction of sp³-hybridized carbons (Fsp3) is 0.333. The van der Waals surface area contributed by atoms with Gasteiger partial charge in [0.15, 0.2) is 5.25 Å². The normalized spacial score (nSPS) is 12.3. The van der Waals surface area contributed by atoms with E-state index in [9.17, 15) is 13.2 Å². The molecule has 0 radical (unpaired) electrons. The highest BCUT2D eigenvalue weighted by Gasteiger charge is 2.30. The predicted octanol–water partition coefficient (Wildman–Crippen LogP) is 0.633. The quantitative estimate of drug-likeness (QED) is 0.581. The third-order valence-corrected chi connectivity index (χ3v) is 4.59. The first-order chi connectivity index (χ1) is 9.74. The summed E-state index contributed by atoms with van der Waals surface area (Å²) < 4.78 is 36.2. The second kappa shape index (κ2) is 6.72. The highest BCUT2D eigenvalue weighted by Crippen LogP contribution is 2.30. The number of esters is 1. The van der Waals surface area contributed by atoms with Crippen LogP contribution in [0.25, 0.3) is 0 Å². The second-order valence-corrected chi connectivity index (χ2v) is 6.50. The number of benzene rings is 1. The van der Waals surface area contributed by atoms with Gasteiger partial charge in [0.05, 0.1) is 14.2 Å². The van der Waals surface area contributed by atoms with E-state index in [1.54, 1.807) is 18.2 Å². The Morgan fingerprint density at radius 3 is 2.48 bits per heavy atom. The molecule has 1 aromatic carbocycles. The van der Waals surface area contributed by atoms with Gasteiger partial charge in [-0.15, -0.1) is 0 Å². The van der Waals surface area contributed by atoms with Gasteiger partial charge >= 0.3 is 5.97 Å². The third kappa shape index (κ3) is 3.82. The van der Waals surface area contributed by atoms with E-state index in [0.717, 1.165) is 7.11 Å². The lowest BCUT2D eigenvalue weighted by atomic mass is 10.1. The molecule has 0 aliphatic rings. The first-order valence-electron chi connectivity index (χ1n) is 5.80. The van der Waals surface area contributed by atoms with Crippen LogP contribution < -0.4 is 15.2 Å². The molecule has 0 fully saturated rings. The SMILES string of the molecule is COC(=O)C(C)S(=O)(=O)Nc1c(OC)cccc1C(N)=S. The van der Waals surface area contributed by atoms with Gasteiger partial charge in [-0.05, 0) is 19.1 Å². The van der Waals surface area contributed by atoms with Gasteiger partial charge in [0, 0.05) is 5.56 Å². The minimum atomic E-state index is -4.03. The average Bonchev–Trinajstić information content (AvgIpc) is 2.45. The van der Waals surface area contributed by atoms with E-state index in [1.807, 2.05) is 0 Å². The van der Waals surface area contributed by atoms with Crippen LogP contribution in [-0.2, 0) is 19.6 Å². The summed E-state index contributed by atoms with van der Waals surface area (Å²) in [6, 6.07) is 4.71. The number of sulfonamides is 1. The Kier molecular flexibility index (Phi) is 5.50. The van der Waals surface area contributed by atoms with Crippen molar-refractivity contribution in [2.75, 3.05) is 18.9 Å². The molecule has 1 rings (SSSR count). The number of ether oxygens (including phenoxy) is 2. The van der Waals surface area contributed by atoms with E-state index in [0.29, 0.717) is 5.56 Å². The summed E-state index contributed by atoms with van der Waals surface area (Å²) in [5, 5.41) is -1.40. The molecule has 21 heavy (non-hydrogen) atoms. The van der Waals surface area contributed by atoms with Crippen molar-refractivity contribution in [3.8, 4) is 5.75 Å². The van der Waals surface area contributed by atoms with Crippen LogP contribution in [0, 0.1) is 0 Å². The lowest BCUT2D eigenvalue weighted by Crippen LogP contribution is -2.33. The minimum absolute atomic E-state index is 0.00248. The Morgan fingerprint density at radius 2 is 2.00 bits per heavy atom. The van der Waals surface area contributed by atoms with Crippen LogP contribution in [0.3, 0.4) is 0 Å². The number of methoxy groups -OCH3 is 2. The summed E-state index contributed by atoms with van der Waals surface area (Å²) >= 11 is 4.88. The number of para-hydroxylation sites is 1. The molecule has 0 bridgehead atoms. The first-order valence-corrected chi connectivity index (χ1v) is 7.76. The first kappa shape index (κ1) is 17.2. The number of hydrogen-bond donors (Lipinski definition) is 2. The molecule has 0 heterocycles. The van der Waals surface area contributed by atoms with Gasteiger partial charge in [-0.2, -0.15) is 0 Å². The van der Waals surface area contributed by atoms with Crippen molar-refractivity contribution in [2.24, 2.45) is 5.73 Å². The topological polar surface area (TPSA) is 108 Å². The molecule has 9 heteroatoms. The van der Waals surface area contributed by atoms with Gasteiger partial charge in [0.1, 0.15) is 16.4 Å². The smallest absolute Gasteiger partial charge is 0.325 e. The van der Waals surface area contributed by atoms with Crippen molar-refractivity contribution in [2.45, 2.75) is 12.2 Å². The fourth-order valence-electron chi connectivity index (χ4n) is 1.54. The number of anilines is 1. The summed E-state index contributed by atoms with van der Waals surface area (Å²) in [7, 11) is -1.55. The van der Waals surface area contributed by atoms with Crippen LogP contribution in [0.5, 0.6) is 5.75 Å². The average molecular weight is 332 g/mol. The van der Waals surface area contributed by atoms with Gasteiger partial charge in [-0.25, -0.2) is 8.42 Å². The number of thiocarbonyl (C=S) groups is 1. The van der Waals surface area contributed by atoms with Gasteiger partial charge in [-0.3, -0.25) is 9.52 Å². The van der Waals surface area contributed by atoms with Crippen LogP contribution in [0.15, 0.2) is 18.2 Å². The Balaban J connectivity index is 3.29. The van der Waals surface area contributed by atoms with Crippen molar-refractivity contribution in [3.05, 3.63) is 23.8 Å². The molecule has 0 saturated carbocycles. The van der Waals surface area contributed by atoms with E-state index in [1.165, 1.54) is 14.0 Å². The number of hydrogen-bond acceptors (Lipinski definition) is 6. The van der Waals surface area contributed by atoms with E-state index in [-0.39, 0.29) is 16.4 Å². The number of carbonyl (C=O) groups excluding carboxylic acids is 1. The van der Waals surface area contributed by atoms with Crippen LogP contribution >= 0.6 is 12.2 Å². The molecular weight excluding hydrogens is 316 g/mol. The number of nitrogens with two attached hydrogens (primary N) is 1. The molecule has 0 aliphatic carbocycles. The van der Waals surface area contributed by atoms with Crippen molar-refractivity contribution < 1.29 is 22.7 Å². The Hall–Kier alpha value is -1.87. The van der Waals surface area contributed by atoms with E-state index >= 15 is 0 Å². The van der Waals surface area contributed by atoms with E-state index in [2.05, 4.69) is 9.46 Å². The van der Waals surface area contributed by atoms with Gasteiger partial charge in [-0.1, -0.05) is 18.3 Å². The monoisotopic (exact) mass is 332 g/mol. The largest absolute Gasteiger partial charge is 0.495 e. The highest BCUT2D eigenvalue weighted by molar-refractivity contribution is 7.94. The number of carbonyl (C=O) groups is 1. The molecule has 0 spiro atoms. The highest BCUT2D eigenvalue weighted by atomic mass is 32.2. The van der Waals surface area contributed by atoms with Crippen molar-refractivity contribution in [3.63, 3.8) is 0 Å². The maximum atomic E-state index is 12.2. The zero-order chi connectivity index (χ0) is 16.2. The zero-order valence-corrected chi connectivity index (χ0v) is 13.4. The Bertz CT molecular complexity index is 658. The molecule has 1 aromatic rings. The minimum Gasteiger partial charge on any atom is -0.495 e. The molecule has 116 valence electrons. The van der Waals surface area contributed by atoms with E-state index in [4.69, 9.17) is 22.7 Å². The predicted molar refractivity (Wildman–Crippen MR) is 82.9 cm³/mol. The standard InChI is InChI=1S/C12H16N2O5S2/c1-7(12(15)19-3)21(16,17)14-10-8(11(13)20)5-4-6-9(10)18-2/h4-7,14H,1-3H3,(H2,13,20). The fourth-order valence-corrected chi connectivity index (χ4v) is 2.73. The lowest BCUT2D eigenvalue weighted by Gasteiger charge is -2.17. The summed E-state index contributed by atoms with van der Waals surface area (Å²) in [6.07, 6.45) is 0. The Labute approximate surface area is 128 Å². The van der Waals surface area contributed by atoms with Crippen LogP contribution in [0.2, 0.25) is 0 Å². The second-order valence-electron chi connectivity index (χ2n) is 4.06. The summed E-state index contributed by atoms with van der Waals surface area (Å²) in [5.41, 5.74) is 5.95. The summed E-state index contributed by atoms with van der Waals surface area (Å²) in [6.45, 7) is 1.21. The van der Waals surface area contributed by atoms with Crippen LogP contribution in [0.1, 0.15) is 12.5 Å². The van der Waals surface area contributed by atoms with Gasteiger partial charge in [0.2, 0.25) is 10.0 Å². The summed E-state index contributed by atoms with van der Waals surface area (Å²) in [4.78, 5) is 11.4. The van der Waals surface area contributed by atoms with Crippen molar-refractivity contribution in [1.82, 2.24) is 0 Å². The molecule has 3 N–H and O–H groups in total. The number of rotatable bonds is 6.